The first-order valence-electron chi connectivity index (χ1n) is 5.76. The minimum atomic E-state index is -0.635. The fourth-order valence-corrected chi connectivity index (χ4v) is 1.76. The van der Waals surface area contributed by atoms with Gasteiger partial charge in [0, 0.05) is 24.1 Å². The lowest BCUT2D eigenvalue weighted by atomic mass is 9.95. The average molecular weight is 263 g/mol. The van der Waals surface area contributed by atoms with Crippen LogP contribution in [-0.4, -0.2) is 24.1 Å². The molecule has 0 aliphatic rings. The topological polar surface area (TPSA) is 75.6 Å². The van der Waals surface area contributed by atoms with Crippen molar-refractivity contribution in [3.05, 3.63) is 35.9 Å². The maximum absolute atomic E-state index is 11.5. The van der Waals surface area contributed by atoms with Crippen LogP contribution < -0.4 is 5.32 Å². The van der Waals surface area contributed by atoms with Gasteiger partial charge in [-0.1, -0.05) is 13.0 Å². The highest BCUT2D eigenvalue weighted by Gasteiger charge is 2.21. The van der Waals surface area contributed by atoms with E-state index in [1.165, 1.54) is 20.1 Å². The number of carbonyl (C=O) groups is 2. The van der Waals surface area contributed by atoms with Crippen molar-refractivity contribution in [1.29, 1.82) is 0 Å². The fraction of sp³-hybridized carbons (Fsp3) is 0.286. The van der Waals surface area contributed by atoms with Crippen LogP contribution in [0, 0.1) is 0 Å². The second-order valence-corrected chi connectivity index (χ2v) is 4.12. The number of nitrogens with one attached hydrogen (secondary N) is 1. The van der Waals surface area contributed by atoms with Crippen molar-refractivity contribution in [2.45, 2.75) is 19.8 Å². The van der Waals surface area contributed by atoms with E-state index in [1.54, 1.807) is 19.1 Å². The monoisotopic (exact) mass is 263 g/mol. The summed E-state index contributed by atoms with van der Waals surface area (Å²) in [5.41, 5.74) is 0.943. The van der Waals surface area contributed by atoms with E-state index in [0.717, 1.165) is 0 Å². The number of allylic oxidation sites excluding steroid dienone is 1. The van der Waals surface area contributed by atoms with Gasteiger partial charge >= 0.3 is 5.97 Å². The predicted octanol–water partition coefficient (Wildman–Crippen LogP) is 2.43. The first-order chi connectivity index (χ1) is 8.92. The normalized spacial score (nSPS) is 11.5. The smallest absolute Gasteiger partial charge is 0.341 e. The molecule has 0 spiro atoms. The molecule has 5 heteroatoms. The standard InChI is InChI=1S/C14H17NO4/c1-5-8(2)12-11(15-9(3)16)7-6-10(13(12)17)14(18)19-4/h5-8,17H,1H2,2-4H3,(H,15,16). The second-order valence-electron chi connectivity index (χ2n) is 4.12. The number of phenols is 1. The molecular weight excluding hydrogens is 246 g/mol. The summed E-state index contributed by atoms with van der Waals surface area (Å²) in [5.74, 6) is -1.33. The minimum absolute atomic E-state index is 0.0558. The van der Waals surface area contributed by atoms with Gasteiger partial charge < -0.3 is 15.2 Å². The molecular formula is C14H17NO4. The van der Waals surface area contributed by atoms with Crippen LogP contribution in [-0.2, 0) is 9.53 Å². The number of ether oxygens (including phenoxy) is 1. The van der Waals surface area contributed by atoms with Gasteiger partial charge in [0.1, 0.15) is 11.3 Å². The number of phenolic OH excluding ortho intramolecular Hbond substituents is 1. The van der Waals surface area contributed by atoms with E-state index in [-0.39, 0.29) is 23.1 Å². The molecule has 0 saturated carbocycles. The van der Waals surface area contributed by atoms with Crippen LogP contribution in [0.3, 0.4) is 0 Å². The largest absolute Gasteiger partial charge is 0.507 e. The molecule has 0 heterocycles. The highest BCUT2D eigenvalue weighted by atomic mass is 16.5. The SMILES string of the molecule is C=CC(C)c1c(NC(C)=O)ccc(C(=O)OC)c1O. The van der Waals surface area contributed by atoms with E-state index in [9.17, 15) is 14.7 Å². The zero-order chi connectivity index (χ0) is 14.6. The summed E-state index contributed by atoms with van der Waals surface area (Å²) in [6.07, 6.45) is 1.61. The molecule has 0 radical (unpaired) electrons. The lowest BCUT2D eigenvalue weighted by Crippen LogP contribution is -2.11. The number of hydrogen-bond acceptors (Lipinski definition) is 4. The Morgan fingerprint density at radius 3 is 2.58 bits per heavy atom. The third-order valence-electron chi connectivity index (χ3n) is 2.74. The van der Waals surface area contributed by atoms with Crippen molar-refractivity contribution >= 4 is 17.6 Å². The van der Waals surface area contributed by atoms with Gasteiger partial charge in [0.15, 0.2) is 0 Å². The molecule has 1 aromatic rings. The Morgan fingerprint density at radius 1 is 1.47 bits per heavy atom. The van der Waals surface area contributed by atoms with E-state index in [1.807, 2.05) is 0 Å². The molecule has 0 saturated heterocycles. The van der Waals surface area contributed by atoms with Crippen molar-refractivity contribution in [2.24, 2.45) is 0 Å². The number of amides is 1. The Balaban J connectivity index is 3.43. The van der Waals surface area contributed by atoms with E-state index >= 15 is 0 Å². The molecule has 1 atom stereocenters. The molecule has 0 aliphatic heterocycles. The molecule has 1 aromatic carbocycles. The van der Waals surface area contributed by atoms with Gasteiger partial charge in [0.25, 0.3) is 0 Å². The second kappa shape index (κ2) is 6.04. The van der Waals surface area contributed by atoms with Gasteiger partial charge in [-0.15, -0.1) is 6.58 Å². The van der Waals surface area contributed by atoms with Crippen LogP contribution in [0.25, 0.3) is 0 Å². The minimum Gasteiger partial charge on any atom is -0.507 e. The summed E-state index contributed by atoms with van der Waals surface area (Å²) in [5, 5.41) is 12.8. The number of carbonyl (C=O) groups excluding carboxylic acids is 2. The van der Waals surface area contributed by atoms with E-state index in [4.69, 9.17) is 0 Å². The number of methoxy groups -OCH3 is 1. The van der Waals surface area contributed by atoms with Crippen molar-refractivity contribution in [3.63, 3.8) is 0 Å². The van der Waals surface area contributed by atoms with Crippen molar-refractivity contribution in [1.82, 2.24) is 0 Å². The summed E-state index contributed by atoms with van der Waals surface area (Å²) in [6, 6.07) is 2.97. The Morgan fingerprint density at radius 2 is 2.11 bits per heavy atom. The van der Waals surface area contributed by atoms with Gasteiger partial charge in [-0.05, 0) is 12.1 Å². The first kappa shape index (κ1) is 14.8. The van der Waals surface area contributed by atoms with Gasteiger partial charge in [0.05, 0.1) is 7.11 Å². The van der Waals surface area contributed by atoms with E-state index in [0.29, 0.717) is 11.3 Å². The fourth-order valence-electron chi connectivity index (χ4n) is 1.76. The average Bonchev–Trinajstić information content (AvgIpc) is 2.37. The van der Waals surface area contributed by atoms with Crippen LogP contribution in [0.2, 0.25) is 0 Å². The Kier molecular flexibility index (Phi) is 4.69. The van der Waals surface area contributed by atoms with Gasteiger partial charge in [-0.25, -0.2) is 4.79 Å². The number of anilines is 1. The summed E-state index contributed by atoms with van der Waals surface area (Å²) in [4.78, 5) is 22.7. The Labute approximate surface area is 111 Å². The zero-order valence-electron chi connectivity index (χ0n) is 11.2. The number of hydrogen-bond donors (Lipinski definition) is 2. The molecule has 102 valence electrons. The summed E-state index contributed by atoms with van der Waals surface area (Å²) in [6.45, 7) is 6.82. The molecule has 1 amide bonds. The maximum atomic E-state index is 11.5. The number of rotatable bonds is 4. The van der Waals surface area contributed by atoms with Crippen molar-refractivity contribution in [2.75, 3.05) is 12.4 Å². The lowest BCUT2D eigenvalue weighted by Gasteiger charge is -2.17. The summed E-state index contributed by atoms with van der Waals surface area (Å²) in [7, 11) is 1.24. The third kappa shape index (κ3) is 3.13. The molecule has 5 nitrogen and oxygen atoms in total. The molecule has 19 heavy (non-hydrogen) atoms. The lowest BCUT2D eigenvalue weighted by molar-refractivity contribution is -0.114. The van der Waals surface area contributed by atoms with Gasteiger partial charge in [-0.2, -0.15) is 0 Å². The molecule has 1 unspecified atom stereocenters. The van der Waals surface area contributed by atoms with Gasteiger partial charge in [0.2, 0.25) is 5.91 Å². The highest BCUT2D eigenvalue weighted by Crippen LogP contribution is 2.36. The molecule has 0 fully saturated rings. The third-order valence-corrected chi connectivity index (χ3v) is 2.74. The van der Waals surface area contributed by atoms with E-state index < -0.39 is 5.97 Å². The number of benzene rings is 1. The molecule has 0 aliphatic carbocycles. The van der Waals surface area contributed by atoms with Crippen molar-refractivity contribution < 1.29 is 19.4 Å². The predicted molar refractivity (Wildman–Crippen MR) is 72.4 cm³/mol. The molecule has 1 rings (SSSR count). The summed E-state index contributed by atoms with van der Waals surface area (Å²) >= 11 is 0. The van der Waals surface area contributed by atoms with Gasteiger partial charge in [-0.3, -0.25) is 4.79 Å². The van der Waals surface area contributed by atoms with Crippen LogP contribution in [0.5, 0.6) is 5.75 Å². The first-order valence-corrected chi connectivity index (χ1v) is 5.76. The Hall–Kier alpha value is -2.30. The number of esters is 1. The zero-order valence-corrected chi connectivity index (χ0v) is 11.2. The van der Waals surface area contributed by atoms with E-state index in [2.05, 4.69) is 16.6 Å². The van der Waals surface area contributed by atoms with Crippen LogP contribution in [0.4, 0.5) is 5.69 Å². The highest BCUT2D eigenvalue weighted by molar-refractivity contribution is 5.96. The van der Waals surface area contributed by atoms with Crippen LogP contribution >= 0.6 is 0 Å². The molecule has 0 aromatic heterocycles. The van der Waals surface area contributed by atoms with Crippen LogP contribution in [0.15, 0.2) is 24.8 Å². The quantitative estimate of drug-likeness (QED) is 0.646. The Bertz CT molecular complexity index is 522. The number of aromatic hydroxyl groups is 1. The van der Waals surface area contributed by atoms with Crippen molar-refractivity contribution in [3.8, 4) is 5.75 Å². The van der Waals surface area contributed by atoms with Crippen LogP contribution in [0.1, 0.15) is 35.7 Å². The summed E-state index contributed by atoms with van der Waals surface area (Å²) < 4.78 is 4.59. The molecule has 2 N–H and O–H groups in total. The molecule has 0 bridgehead atoms. The maximum Gasteiger partial charge on any atom is 0.341 e.